The molecule has 2 fully saturated rings. The summed E-state index contributed by atoms with van der Waals surface area (Å²) in [6.07, 6.45) is 1.22. The lowest BCUT2D eigenvalue weighted by atomic mass is 9.71. The number of rotatable bonds is 6. The highest BCUT2D eigenvalue weighted by molar-refractivity contribution is 6.38. The van der Waals surface area contributed by atoms with Crippen molar-refractivity contribution in [1.82, 2.24) is 15.5 Å². The van der Waals surface area contributed by atoms with E-state index in [2.05, 4.69) is 17.2 Å². The Kier molecular flexibility index (Phi) is 8.01. The maximum absolute atomic E-state index is 13.8. The number of piperidine rings is 1. The van der Waals surface area contributed by atoms with Crippen molar-refractivity contribution in [3.05, 3.63) is 34.3 Å². The van der Waals surface area contributed by atoms with E-state index < -0.39 is 5.92 Å². The Morgan fingerprint density at radius 1 is 1.19 bits per heavy atom. The van der Waals surface area contributed by atoms with E-state index in [0.29, 0.717) is 42.1 Å². The zero-order valence-electron chi connectivity index (χ0n) is 21.4. The minimum atomic E-state index is -0.660. The Balaban J connectivity index is 1.65. The van der Waals surface area contributed by atoms with E-state index in [1.54, 1.807) is 18.0 Å². The number of ether oxygens (including phenoxy) is 3. The second-order valence-electron chi connectivity index (χ2n) is 9.35. The maximum atomic E-state index is 13.8. The zero-order valence-corrected chi connectivity index (χ0v) is 22.9. The topological polar surface area (TPSA) is 114 Å². The molecule has 3 aliphatic heterocycles. The van der Waals surface area contributed by atoms with Gasteiger partial charge >= 0.3 is 0 Å². The number of guanidine groups is 1. The van der Waals surface area contributed by atoms with Crippen LogP contribution in [0.3, 0.4) is 0 Å². The lowest BCUT2D eigenvalue weighted by molar-refractivity contribution is -0.131. The monoisotopic (exact) mass is 551 g/mol. The standard InChI is InChI=1S/C25H31Cl2N5O5/c1-7-17(33)29-13-9-37-10-14(13)30-25-28-12(3)18-11(2)19(24(34)32(4)23(18)31-25)20-21(26)15(35-5)8-16(36-6)22(20)27/h7-8,11-14,18-19H,1,9-10H2,2-6H3,(H,28,30)(H,29,33)/t11?,12?,13?,14-,18?,19?/m0/s1. The third kappa shape index (κ3) is 4.89. The number of carbonyl (C=O) groups is 2. The van der Waals surface area contributed by atoms with Crippen molar-refractivity contribution in [2.45, 2.75) is 37.9 Å². The summed E-state index contributed by atoms with van der Waals surface area (Å²) in [5.74, 6) is 0.181. The Labute approximate surface area is 226 Å². The molecule has 0 spiro atoms. The molecule has 37 heavy (non-hydrogen) atoms. The van der Waals surface area contributed by atoms with Crippen molar-refractivity contribution >= 4 is 46.8 Å². The third-order valence-corrected chi connectivity index (χ3v) is 8.00. The Hall–Kier alpha value is -2.82. The van der Waals surface area contributed by atoms with Gasteiger partial charge in [-0.05, 0) is 18.9 Å². The maximum Gasteiger partial charge on any atom is 0.243 e. The number of likely N-dealkylation sites (tertiary alicyclic amines) is 1. The number of nitrogens with one attached hydrogen (secondary N) is 2. The second-order valence-corrected chi connectivity index (χ2v) is 10.1. The van der Waals surface area contributed by atoms with Crippen molar-refractivity contribution in [3.63, 3.8) is 0 Å². The van der Waals surface area contributed by atoms with Crippen LogP contribution < -0.4 is 20.1 Å². The van der Waals surface area contributed by atoms with Crippen molar-refractivity contribution in [3.8, 4) is 11.5 Å². The molecule has 10 nitrogen and oxygen atoms in total. The molecule has 0 saturated carbocycles. The summed E-state index contributed by atoms with van der Waals surface area (Å²) in [5.41, 5.74) is 0.465. The van der Waals surface area contributed by atoms with Crippen LogP contribution in [0.15, 0.2) is 28.7 Å². The lowest BCUT2D eigenvalue weighted by Gasteiger charge is -2.44. The molecule has 2 N–H and O–H groups in total. The summed E-state index contributed by atoms with van der Waals surface area (Å²) < 4.78 is 16.4. The predicted octanol–water partition coefficient (Wildman–Crippen LogP) is 2.63. The molecule has 1 aromatic rings. The van der Waals surface area contributed by atoms with Gasteiger partial charge in [0.05, 0.1) is 61.5 Å². The van der Waals surface area contributed by atoms with Crippen LogP contribution in [-0.2, 0) is 14.3 Å². The highest BCUT2D eigenvalue weighted by atomic mass is 35.5. The number of benzene rings is 1. The molecule has 2 saturated heterocycles. The minimum Gasteiger partial charge on any atom is -0.495 e. The van der Waals surface area contributed by atoms with Crippen molar-refractivity contribution in [2.75, 3.05) is 34.5 Å². The SMILES string of the molecule is C=CC(=O)NC1COC[C@@H]1NC1=NC(C)C2C(=N1)N(C)C(=O)C(c1c(Cl)c(OC)cc(OC)c1Cl)C2C. The number of hydrogen-bond acceptors (Lipinski definition) is 8. The molecular formula is C25H31Cl2N5O5. The van der Waals surface area contributed by atoms with Crippen LogP contribution in [0.25, 0.3) is 0 Å². The van der Waals surface area contributed by atoms with E-state index in [-0.39, 0.29) is 51.8 Å². The molecule has 12 heteroatoms. The Bertz CT molecular complexity index is 1140. The van der Waals surface area contributed by atoms with Gasteiger partial charge in [0.25, 0.3) is 0 Å². The van der Waals surface area contributed by atoms with Gasteiger partial charge in [0.15, 0.2) is 0 Å². The molecule has 1 aromatic carbocycles. The summed E-state index contributed by atoms with van der Waals surface area (Å²) >= 11 is 13.4. The largest absolute Gasteiger partial charge is 0.495 e. The minimum absolute atomic E-state index is 0.182. The third-order valence-electron chi connectivity index (χ3n) is 7.22. The van der Waals surface area contributed by atoms with Gasteiger partial charge in [-0.2, -0.15) is 4.99 Å². The first kappa shape index (κ1) is 27.2. The van der Waals surface area contributed by atoms with Gasteiger partial charge in [-0.15, -0.1) is 0 Å². The molecule has 2 amide bonds. The summed E-state index contributed by atoms with van der Waals surface area (Å²) in [7, 11) is 4.68. The summed E-state index contributed by atoms with van der Waals surface area (Å²) in [4.78, 5) is 36.6. The van der Waals surface area contributed by atoms with Crippen LogP contribution in [0.2, 0.25) is 10.0 Å². The number of carbonyl (C=O) groups excluding carboxylic acids is 2. The van der Waals surface area contributed by atoms with Gasteiger partial charge in [0, 0.05) is 24.6 Å². The smallest absolute Gasteiger partial charge is 0.243 e. The van der Waals surface area contributed by atoms with E-state index in [9.17, 15) is 9.59 Å². The van der Waals surface area contributed by atoms with Gasteiger partial charge in [0.1, 0.15) is 17.3 Å². The molecule has 4 rings (SSSR count). The van der Waals surface area contributed by atoms with Crippen LogP contribution in [0.4, 0.5) is 0 Å². The van der Waals surface area contributed by atoms with E-state index >= 15 is 0 Å². The average Bonchev–Trinajstić information content (AvgIpc) is 3.30. The Morgan fingerprint density at radius 3 is 2.41 bits per heavy atom. The van der Waals surface area contributed by atoms with E-state index in [0.717, 1.165) is 0 Å². The average molecular weight is 552 g/mol. The lowest BCUT2D eigenvalue weighted by Crippen LogP contribution is -2.57. The van der Waals surface area contributed by atoms with E-state index in [4.69, 9.17) is 47.4 Å². The van der Waals surface area contributed by atoms with Crippen LogP contribution in [0, 0.1) is 11.8 Å². The number of likely N-dealkylation sites (N-methyl/N-ethyl adjacent to an activating group) is 1. The summed E-state index contributed by atoms with van der Waals surface area (Å²) in [6, 6.07) is 0.901. The van der Waals surface area contributed by atoms with Crippen LogP contribution in [0.1, 0.15) is 25.3 Å². The first-order valence-electron chi connectivity index (χ1n) is 11.9. The molecule has 0 radical (unpaired) electrons. The number of fused-ring (bicyclic) bond motifs is 1. The molecule has 3 heterocycles. The second kappa shape index (κ2) is 10.9. The highest BCUT2D eigenvalue weighted by Crippen LogP contribution is 2.50. The number of hydrogen-bond donors (Lipinski definition) is 2. The molecule has 5 unspecified atom stereocenters. The van der Waals surface area contributed by atoms with Crippen LogP contribution in [-0.4, -0.2) is 81.1 Å². The fourth-order valence-corrected chi connectivity index (χ4v) is 6.04. The quantitative estimate of drug-likeness (QED) is 0.525. The summed E-state index contributed by atoms with van der Waals surface area (Å²) in [5, 5.41) is 6.68. The fraction of sp³-hybridized carbons (Fsp3) is 0.520. The van der Waals surface area contributed by atoms with Crippen molar-refractivity contribution < 1.29 is 23.8 Å². The number of methoxy groups -OCH3 is 2. The molecule has 6 atom stereocenters. The summed E-state index contributed by atoms with van der Waals surface area (Å²) in [6.45, 7) is 8.19. The number of amides is 2. The van der Waals surface area contributed by atoms with Gasteiger partial charge in [-0.3, -0.25) is 9.59 Å². The molecule has 200 valence electrons. The van der Waals surface area contributed by atoms with Gasteiger partial charge in [-0.1, -0.05) is 36.7 Å². The van der Waals surface area contributed by atoms with Gasteiger partial charge < -0.3 is 29.7 Å². The zero-order chi connectivity index (χ0) is 27.0. The molecule has 0 aromatic heterocycles. The fourth-order valence-electron chi connectivity index (χ4n) is 5.31. The van der Waals surface area contributed by atoms with E-state index in [1.807, 2.05) is 13.8 Å². The molecule has 0 aliphatic carbocycles. The van der Waals surface area contributed by atoms with Gasteiger partial charge in [0.2, 0.25) is 17.8 Å². The number of amidine groups is 1. The van der Waals surface area contributed by atoms with E-state index in [1.165, 1.54) is 20.3 Å². The Morgan fingerprint density at radius 2 is 1.81 bits per heavy atom. The first-order valence-corrected chi connectivity index (χ1v) is 12.7. The van der Waals surface area contributed by atoms with Crippen LogP contribution in [0.5, 0.6) is 11.5 Å². The van der Waals surface area contributed by atoms with Gasteiger partial charge in [-0.25, -0.2) is 4.99 Å². The normalized spacial score (nSPS) is 29.2. The van der Waals surface area contributed by atoms with Crippen molar-refractivity contribution in [1.29, 1.82) is 0 Å². The molecule has 0 bridgehead atoms. The van der Waals surface area contributed by atoms with Crippen molar-refractivity contribution in [2.24, 2.45) is 21.8 Å². The number of aliphatic imine (C=N–C) groups is 2. The number of nitrogens with zero attached hydrogens (tertiary/aromatic N) is 3. The number of halogens is 2. The highest BCUT2D eigenvalue weighted by Gasteiger charge is 2.49. The van der Waals surface area contributed by atoms with Crippen LogP contribution >= 0.6 is 23.2 Å². The molecular weight excluding hydrogens is 521 g/mol. The predicted molar refractivity (Wildman–Crippen MR) is 142 cm³/mol. The first-order chi connectivity index (χ1) is 17.6. The molecule has 3 aliphatic rings.